The Morgan fingerprint density at radius 1 is 0.850 bits per heavy atom. The molecule has 2 N–H and O–H groups in total. The molecule has 1 atom stereocenters. The third kappa shape index (κ3) is 8.51. The van der Waals surface area contributed by atoms with Gasteiger partial charge in [0, 0.05) is 41.2 Å². The maximum absolute atomic E-state index is 13.0. The van der Waals surface area contributed by atoms with Gasteiger partial charge in [-0.05, 0) is 61.7 Å². The molecule has 0 fully saturated rings. The van der Waals surface area contributed by atoms with Gasteiger partial charge < -0.3 is 19.9 Å². The first kappa shape index (κ1) is 28.5. The summed E-state index contributed by atoms with van der Waals surface area (Å²) in [5.41, 5.74) is 4.39. The fourth-order valence-corrected chi connectivity index (χ4v) is 4.31. The number of carboxylic acid groups (broad SMARTS) is 1. The molecule has 4 aromatic rings. The average molecular weight is 539 g/mol. The first-order chi connectivity index (χ1) is 19.5. The monoisotopic (exact) mass is 538 g/mol. The number of anilines is 1. The first-order valence-corrected chi connectivity index (χ1v) is 13.4. The van der Waals surface area contributed by atoms with Crippen LogP contribution in [0, 0.1) is 6.92 Å². The van der Waals surface area contributed by atoms with Crippen LogP contribution in [-0.4, -0.2) is 47.7 Å². The minimum absolute atomic E-state index is 0.165. The van der Waals surface area contributed by atoms with Gasteiger partial charge in [0.25, 0.3) is 0 Å². The molecule has 4 rings (SSSR count). The fourth-order valence-electron chi connectivity index (χ4n) is 4.31. The second-order valence-corrected chi connectivity index (χ2v) is 9.46. The molecule has 7 nitrogen and oxygen atoms in total. The molecule has 0 bridgehead atoms. The van der Waals surface area contributed by atoms with Gasteiger partial charge in [0.1, 0.15) is 18.4 Å². The molecule has 0 unspecified atom stereocenters. The molecule has 0 saturated carbocycles. The van der Waals surface area contributed by atoms with Crippen molar-refractivity contribution in [3.8, 4) is 5.75 Å². The lowest BCUT2D eigenvalue weighted by Gasteiger charge is -2.18. The van der Waals surface area contributed by atoms with E-state index in [1.54, 1.807) is 48.5 Å². The summed E-state index contributed by atoms with van der Waals surface area (Å²) < 4.78 is 11.4. The van der Waals surface area contributed by atoms with Gasteiger partial charge in [0.15, 0.2) is 5.78 Å². The Labute approximate surface area is 234 Å². The summed E-state index contributed by atoms with van der Waals surface area (Å²) in [5, 5.41) is 12.9. The topological polar surface area (TPSA) is 97.8 Å². The number of ether oxygens (including phenoxy) is 2. The lowest BCUT2D eigenvalue weighted by atomic mass is 10.00. The number of hydrogen-bond acceptors (Lipinski definition) is 6. The van der Waals surface area contributed by atoms with Crippen LogP contribution >= 0.6 is 0 Å². The summed E-state index contributed by atoms with van der Waals surface area (Å²) in [4.78, 5) is 29.6. The number of nitrogens with zero attached hydrogens (tertiary/aromatic N) is 1. The van der Waals surface area contributed by atoms with Gasteiger partial charge in [0.2, 0.25) is 0 Å². The summed E-state index contributed by atoms with van der Waals surface area (Å²) in [5.74, 6) is -0.478. The summed E-state index contributed by atoms with van der Waals surface area (Å²) in [6.07, 6.45) is 2.02. The number of rotatable bonds is 15. The molecule has 0 aliphatic carbocycles. The van der Waals surface area contributed by atoms with Crippen LogP contribution in [0.5, 0.6) is 5.75 Å². The third-order valence-electron chi connectivity index (χ3n) is 6.36. The first-order valence-electron chi connectivity index (χ1n) is 13.4. The van der Waals surface area contributed by atoms with E-state index >= 15 is 0 Å². The molecule has 0 saturated heterocycles. The molecular formula is C33H34N2O5. The minimum Gasteiger partial charge on any atom is -0.491 e. The highest BCUT2D eigenvalue weighted by Crippen LogP contribution is 2.22. The van der Waals surface area contributed by atoms with Crippen LogP contribution in [0.2, 0.25) is 0 Å². The number of carbonyl (C=O) groups excluding carboxylic acids is 1. The van der Waals surface area contributed by atoms with Crippen molar-refractivity contribution < 1.29 is 24.2 Å². The zero-order valence-corrected chi connectivity index (χ0v) is 22.6. The normalized spacial score (nSPS) is 11.5. The van der Waals surface area contributed by atoms with Crippen molar-refractivity contribution in [2.24, 2.45) is 0 Å². The lowest BCUT2D eigenvalue weighted by molar-refractivity contribution is -0.137. The highest BCUT2D eigenvalue weighted by Gasteiger charge is 2.21. The van der Waals surface area contributed by atoms with Crippen molar-refractivity contribution >= 4 is 17.4 Å². The SMILES string of the molecule is Cc1cccc(CCCOCCOc2ccc(C[C@H](Nc3ccccc3C(=O)c3ccccc3)C(=O)O)cc2)n1. The quantitative estimate of drug-likeness (QED) is 0.147. The van der Waals surface area contributed by atoms with Crippen LogP contribution in [0.3, 0.4) is 0 Å². The van der Waals surface area contributed by atoms with Crippen LogP contribution < -0.4 is 10.1 Å². The van der Waals surface area contributed by atoms with Gasteiger partial charge in [-0.1, -0.05) is 60.7 Å². The molecule has 7 heteroatoms. The standard InChI is InChI=1S/C33H34N2O5/c1-24-9-7-12-27(34-24)13-8-20-39-21-22-40-28-18-16-25(17-19-28)23-31(33(37)38)35-30-15-6-5-14-29(30)32(36)26-10-3-2-4-11-26/h2-7,9-12,14-19,31,35H,8,13,20-23H2,1H3,(H,37,38)/t31-/m0/s1. The van der Waals surface area contributed by atoms with E-state index in [9.17, 15) is 14.7 Å². The average Bonchev–Trinajstić information content (AvgIpc) is 2.97. The summed E-state index contributed by atoms with van der Waals surface area (Å²) in [6.45, 7) is 3.53. The van der Waals surface area contributed by atoms with Gasteiger partial charge in [0.05, 0.1) is 6.61 Å². The molecule has 1 heterocycles. The number of aliphatic carboxylic acids is 1. The van der Waals surface area contributed by atoms with Crippen molar-refractivity contribution in [1.82, 2.24) is 4.98 Å². The number of ketones is 1. The number of hydrogen-bond donors (Lipinski definition) is 2. The Morgan fingerprint density at radius 2 is 1.60 bits per heavy atom. The smallest absolute Gasteiger partial charge is 0.326 e. The van der Waals surface area contributed by atoms with E-state index in [-0.39, 0.29) is 12.2 Å². The number of pyridine rings is 1. The number of aryl methyl sites for hydroxylation is 2. The molecule has 3 aromatic carbocycles. The zero-order chi connectivity index (χ0) is 28.2. The van der Waals surface area contributed by atoms with E-state index in [0.717, 1.165) is 29.8 Å². The van der Waals surface area contributed by atoms with E-state index in [4.69, 9.17) is 9.47 Å². The molecule has 1 aromatic heterocycles. The van der Waals surface area contributed by atoms with Crippen LogP contribution in [-0.2, 0) is 22.4 Å². The van der Waals surface area contributed by atoms with Crippen molar-refractivity contribution in [3.63, 3.8) is 0 Å². The molecule has 206 valence electrons. The van der Waals surface area contributed by atoms with E-state index in [2.05, 4.69) is 10.3 Å². The fraction of sp³-hybridized carbons (Fsp3) is 0.242. The van der Waals surface area contributed by atoms with Crippen LogP contribution in [0.1, 0.15) is 39.3 Å². The lowest BCUT2D eigenvalue weighted by Crippen LogP contribution is -2.32. The van der Waals surface area contributed by atoms with Crippen LogP contribution in [0.25, 0.3) is 0 Å². The minimum atomic E-state index is -1.00. The maximum atomic E-state index is 13.0. The number of para-hydroxylation sites is 1. The van der Waals surface area contributed by atoms with Crippen molar-refractivity contribution in [1.29, 1.82) is 0 Å². The molecule has 0 amide bonds. The van der Waals surface area contributed by atoms with Gasteiger partial charge in [-0.15, -0.1) is 0 Å². The summed E-state index contributed by atoms with van der Waals surface area (Å²) in [6, 6.07) is 28.4. The third-order valence-corrected chi connectivity index (χ3v) is 6.36. The summed E-state index contributed by atoms with van der Waals surface area (Å²) >= 11 is 0. The van der Waals surface area contributed by atoms with E-state index < -0.39 is 12.0 Å². The van der Waals surface area contributed by atoms with E-state index in [0.29, 0.717) is 42.4 Å². The van der Waals surface area contributed by atoms with E-state index in [1.165, 1.54) is 0 Å². The van der Waals surface area contributed by atoms with Gasteiger partial charge in [-0.3, -0.25) is 9.78 Å². The molecular weight excluding hydrogens is 504 g/mol. The van der Waals surface area contributed by atoms with Gasteiger partial charge >= 0.3 is 5.97 Å². The Hall–Kier alpha value is -4.49. The van der Waals surface area contributed by atoms with Crippen LogP contribution in [0.4, 0.5) is 5.69 Å². The highest BCUT2D eigenvalue weighted by atomic mass is 16.5. The number of aromatic nitrogens is 1. The Kier molecular flexibility index (Phi) is 10.4. The Balaban J connectivity index is 1.24. The molecule has 0 aliphatic rings. The highest BCUT2D eigenvalue weighted by molar-refractivity contribution is 6.12. The number of carboxylic acids is 1. The maximum Gasteiger partial charge on any atom is 0.326 e. The molecule has 0 aliphatic heterocycles. The summed E-state index contributed by atoms with van der Waals surface area (Å²) in [7, 11) is 0. The van der Waals surface area contributed by atoms with Crippen molar-refractivity contribution in [3.05, 3.63) is 125 Å². The predicted octanol–water partition coefficient (Wildman–Crippen LogP) is 5.76. The van der Waals surface area contributed by atoms with Gasteiger partial charge in [-0.25, -0.2) is 4.79 Å². The van der Waals surface area contributed by atoms with E-state index in [1.807, 2.05) is 55.5 Å². The second-order valence-electron chi connectivity index (χ2n) is 9.46. The van der Waals surface area contributed by atoms with Crippen molar-refractivity contribution in [2.75, 3.05) is 25.1 Å². The number of carbonyl (C=O) groups is 2. The Bertz CT molecular complexity index is 1390. The Morgan fingerprint density at radius 3 is 2.35 bits per heavy atom. The molecule has 0 spiro atoms. The molecule has 40 heavy (non-hydrogen) atoms. The van der Waals surface area contributed by atoms with Gasteiger partial charge in [-0.2, -0.15) is 0 Å². The number of benzene rings is 3. The zero-order valence-electron chi connectivity index (χ0n) is 22.6. The van der Waals surface area contributed by atoms with Crippen LogP contribution in [0.15, 0.2) is 97.1 Å². The molecule has 0 radical (unpaired) electrons. The largest absolute Gasteiger partial charge is 0.491 e. The number of nitrogens with one attached hydrogen (secondary N) is 1. The predicted molar refractivity (Wildman–Crippen MR) is 155 cm³/mol. The second kappa shape index (κ2) is 14.6. The van der Waals surface area contributed by atoms with Crippen molar-refractivity contribution in [2.45, 2.75) is 32.2 Å².